The molecule has 0 saturated carbocycles. The van der Waals surface area contributed by atoms with E-state index in [-0.39, 0.29) is 29.5 Å². The molecule has 1 N–H and O–H groups in total. The largest absolute Gasteiger partial charge is 0.326 e. The number of rotatable bonds is 4. The molecule has 0 fully saturated rings. The number of nitrogens with zero attached hydrogens (tertiary/aromatic N) is 3. The maximum absolute atomic E-state index is 12.4. The van der Waals surface area contributed by atoms with Gasteiger partial charge >= 0.3 is 0 Å². The van der Waals surface area contributed by atoms with Gasteiger partial charge < -0.3 is 5.32 Å². The first-order valence-corrected chi connectivity index (χ1v) is 7.90. The number of fused-ring (bicyclic) bond motifs is 1. The number of amides is 1. The highest BCUT2D eigenvalue weighted by atomic mass is 35.5. The molecule has 1 amide bonds. The van der Waals surface area contributed by atoms with Crippen LogP contribution in [-0.4, -0.2) is 15.5 Å². The van der Waals surface area contributed by atoms with Crippen LogP contribution in [0.2, 0.25) is 5.02 Å². The predicted molar refractivity (Wildman–Crippen MR) is 95.4 cm³/mol. The maximum atomic E-state index is 12.4. The third kappa shape index (κ3) is 3.67. The lowest BCUT2D eigenvalue weighted by molar-refractivity contribution is -0.116. The first kappa shape index (κ1) is 16.7. The van der Waals surface area contributed by atoms with E-state index in [4.69, 9.17) is 16.9 Å². The number of anilines is 1. The second-order valence-corrected chi connectivity index (χ2v) is 5.77. The number of nitrogens with one attached hydrogen (secondary N) is 1. The van der Waals surface area contributed by atoms with Gasteiger partial charge in [0.2, 0.25) is 5.91 Å². The lowest BCUT2D eigenvalue weighted by Gasteiger charge is -2.08. The number of nitriles is 1. The Morgan fingerprint density at radius 1 is 1.28 bits per heavy atom. The van der Waals surface area contributed by atoms with Crippen LogP contribution in [0, 0.1) is 11.3 Å². The van der Waals surface area contributed by atoms with E-state index in [0.29, 0.717) is 22.2 Å². The fraction of sp³-hybridized carbons (Fsp3) is 0.111. The van der Waals surface area contributed by atoms with Crippen molar-refractivity contribution >= 4 is 34.1 Å². The van der Waals surface area contributed by atoms with Crippen molar-refractivity contribution in [1.29, 1.82) is 5.26 Å². The molecule has 2 aromatic carbocycles. The molecule has 7 heteroatoms. The van der Waals surface area contributed by atoms with Crippen LogP contribution >= 0.6 is 11.6 Å². The number of carbonyl (C=O) groups excluding carboxylic acids is 1. The molecule has 25 heavy (non-hydrogen) atoms. The van der Waals surface area contributed by atoms with Crippen LogP contribution in [0.25, 0.3) is 10.9 Å². The first-order valence-electron chi connectivity index (χ1n) is 7.52. The third-order valence-corrected chi connectivity index (χ3v) is 4.00. The van der Waals surface area contributed by atoms with Crippen LogP contribution in [0.3, 0.4) is 0 Å². The third-order valence-electron chi connectivity index (χ3n) is 3.68. The van der Waals surface area contributed by atoms with Crippen molar-refractivity contribution in [2.45, 2.75) is 13.0 Å². The molecule has 0 aliphatic carbocycles. The van der Waals surface area contributed by atoms with Crippen molar-refractivity contribution in [3.63, 3.8) is 0 Å². The summed E-state index contributed by atoms with van der Waals surface area (Å²) in [4.78, 5) is 28.6. The summed E-state index contributed by atoms with van der Waals surface area (Å²) in [5.41, 5.74) is 1.28. The molecule has 0 atom stereocenters. The minimum absolute atomic E-state index is 0.109. The molecular weight excluding hydrogens is 340 g/mol. The summed E-state index contributed by atoms with van der Waals surface area (Å²) in [6.07, 6.45) is 1.55. The summed E-state index contributed by atoms with van der Waals surface area (Å²) < 4.78 is 1.41. The average molecular weight is 353 g/mol. The van der Waals surface area contributed by atoms with Crippen molar-refractivity contribution in [1.82, 2.24) is 9.55 Å². The zero-order chi connectivity index (χ0) is 17.8. The number of hydrogen-bond acceptors (Lipinski definition) is 4. The normalized spacial score (nSPS) is 10.4. The molecular formula is C18H13ClN4O2. The van der Waals surface area contributed by atoms with E-state index >= 15 is 0 Å². The number of benzene rings is 2. The van der Waals surface area contributed by atoms with Gasteiger partial charge in [0.15, 0.2) is 0 Å². The topological polar surface area (TPSA) is 87.8 Å². The fourth-order valence-corrected chi connectivity index (χ4v) is 2.62. The van der Waals surface area contributed by atoms with Gasteiger partial charge in [0, 0.05) is 18.7 Å². The highest BCUT2D eigenvalue weighted by Gasteiger charge is 2.08. The van der Waals surface area contributed by atoms with Gasteiger partial charge in [-0.05, 0) is 30.3 Å². The molecule has 1 aromatic heterocycles. The van der Waals surface area contributed by atoms with Gasteiger partial charge in [0.1, 0.15) is 6.07 Å². The van der Waals surface area contributed by atoms with E-state index in [2.05, 4.69) is 10.3 Å². The van der Waals surface area contributed by atoms with Gasteiger partial charge in [-0.3, -0.25) is 14.2 Å². The first-order chi connectivity index (χ1) is 12.1. The SMILES string of the molecule is N#Cc1ccc(NC(=O)CCn2cnc3ccccc3c2=O)cc1Cl. The summed E-state index contributed by atoms with van der Waals surface area (Å²) >= 11 is 5.93. The van der Waals surface area contributed by atoms with Crippen LogP contribution in [0.15, 0.2) is 53.6 Å². The lowest BCUT2D eigenvalue weighted by atomic mass is 10.2. The van der Waals surface area contributed by atoms with Gasteiger partial charge in [-0.25, -0.2) is 4.98 Å². The second-order valence-electron chi connectivity index (χ2n) is 5.36. The molecule has 0 saturated heterocycles. The summed E-state index contributed by atoms with van der Waals surface area (Å²) in [5.74, 6) is -0.263. The Hall–Kier alpha value is -3.17. The molecule has 3 rings (SSSR count). The molecule has 0 bridgehead atoms. The van der Waals surface area contributed by atoms with Crippen molar-refractivity contribution in [3.05, 3.63) is 69.7 Å². The van der Waals surface area contributed by atoms with E-state index in [0.717, 1.165) is 0 Å². The molecule has 0 aliphatic heterocycles. The minimum Gasteiger partial charge on any atom is -0.326 e. The van der Waals surface area contributed by atoms with Crippen LogP contribution in [0.4, 0.5) is 5.69 Å². The summed E-state index contributed by atoms with van der Waals surface area (Å²) in [7, 11) is 0. The monoisotopic (exact) mass is 352 g/mol. The number of para-hydroxylation sites is 1. The molecule has 6 nitrogen and oxygen atoms in total. The highest BCUT2D eigenvalue weighted by Crippen LogP contribution is 2.20. The smallest absolute Gasteiger partial charge is 0.261 e. The van der Waals surface area contributed by atoms with Gasteiger partial charge in [-0.1, -0.05) is 23.7 Å². The zero-order valence-corrected chi connectivity index (χ0v) is 13.8. The molecule has 1 heterocycles. The lowest BCUT2D eigenvalue weighted by Crippen LogP contribution is -2.23. The van der Waals surface area contributed by atoms with Crippen LogP contribution in [0.1, 0.15) is 12.0 Å². The number of hydrogen-bond donors (Lipinski definition) is 1. The van der Waals surface area contributed by atoms with Crippen molar-refractivity contribution in [2.24, 2.45) is 0 Å². The van der Waals surface area contributed by atoms with E-state index < -0.39 is 0 Å². The van der Waals surface area contributed by atoms with Crippen LogP contribution in [-0.2, 0) is 11.3 Å². The Labute approximate surface area is 148 Å². The Balaban J connectivity index is 1.69. The Kier molecular flexibility index (Phi) is 4.78. The van der Waals surface area contributed by atoms with E-state index in [1.165, 1.54) is 23.0 Å². The van der Waals surface area contributed by atoms with E-state index in [9.17, 15) is 9.59 Å². The highest BCUT2D eigenvalue weighted by molar-refractivity contribution is 6.32. The van der Waals surface area contributed by atoms with Gasteiger partial charge in [-0.2, -0.15) is 5.26 Å². The summed E-state index contributed by atoms with van der Waals surface area (Å²) in [6.45, 7) is 0.215. The Morgan fingerprint density at radius 2 is 2.08 bits per heavy atom. The van der Waals surface area contributed by atoms with Crippen molar-refractivity contribution in [3.8, 4) is 6.07 Å². The van der Waals surface area contributed by atoms with Gasteiger partial charge in [0.25, 0.3) is 5.56 Å². The standard InChI is InChI=1S/C18H13ClN4O2/c19-15-9-13(6-5-12(15)10-20)22-17(24)7-8-23-11-21-16-4-2-1-3-14(16)18(23)25/h1-6,9,11H,7-8H2,(H,22,24). The number of aromatic nitrogens is 2. The van der Waals surface area contributed by atoms with Gasteiger partial charge in [0.05, 0.1) is 27.8 Å². The zero-order valence-electron chi connectivity index (χ0n) is 13.1. The Morgan fingerprint density at radius 3 is 2.84 bits per heavy atom. The number of carbonyl (C=O) groups is 1. The number of aryl methyl sites for hydroxylation is 1. The molecule has 0 unspecified atom stereocenters. The van der Waals surface area contributed by atoms with E-state index in [1.807, 2.05) is 12.1 Å². The molecule has 124 valence electrons. The van der Waals surface area contributed by atoms with Crippen molar-refractivity contribution in [2.75, 3.05) is 5.32 Å². The summed E-state index contributed by atoms with van der Waals surface area (Å²) in [6, 6.07) is 13.7. The quantitative estimate of drug-likeness (QED) is 0.781. The minimum atomic E-state index is -0.263. The molecule has 0 spiro atoms. The Bertz CT molecular complexity index is 1050. The van der Waals surface area contributed by atoms with Crippen LogP contribution in [0.5, 0.6) is 0 Å². The maximum Gasteiger partial charge on any atom is 0.261 e. The predicted octanol–water partition coefficient (Wildman–Crippen LogP) is 2.95. The fourth-order valence-electron chi connectivity index (χ4n) is 2.39. The second kappa shape index (κ2) is 7.16. The van der Waals surface area contributed by atoms with E-state index in [1.54, 1.807) is 24.3 Å². The molecule has 0 aliphatic rings. The van der Waals surface area contributed by atoms with Crippen molar-refractivity contribution < 1.29 is 4.79 Å². The average Bonchev–Trinajstić information content (AvgIpc) is 2.61. The molecule has 0 radical (unpaired) electrons. The van der Waals surface area contributed by atoms with Gasteiger partial charge in [-0.15, -0.1) is 0 Å². The summed E-state index contributed by atoms with van der Waals surface area (Å²) in [5, 5.41) is 12.3. The number of halogens is 1. The molecule has 3 aromatic rings. The van der Waals surface area contributed by atoms with Crippen LogP contribution < -0.4 is 10.9 Å².